The van der Waals surface area contributed by atoms with Crippen molar-refractivity contribution in [2.45, 2.75) is 16.7 Å². The third-order valence-corrected chi connectivity index (χ3v) is 8.45. The topological polar surface area (TPSA) is 128 Å². The van der Waals surface area contributed by atoms with Gasteiger partial charge >= 0.3 is 0 Å². The van der Waals surface area contributed by atoms with Gasteiger partial charge in [-0.3, -0.25) is 0 Å². The molecule has 0 atom stereocenters. The summed E-state index contributed by atoms with van der Waals surface area (Å²) >= 11 is 5.80. The first kappa shape index (κ1) is 24.4. The third kappa shape index (κ3) is 5.47. The van der Waals surface area contributed by atoms with Gasteiger partial charge in [-0.1, -0.05) is 11.6 Å². The fourth-order valence-electron chi connectivity index (χ4n) is 3.14. The molecule has 1 aliphatic rings. The molecule has 0 bridgehead atoms. The Bertz CT molecular complexity index is 1380. The first-order valence-corrected chi connectivity index (χ1v) is 13.4. The summed E-state index contributed by atoms with van der Waals surface area (Å²) < 4.78 is 65.1. The highest BCUT2D eigenvalue weighted by atomic mass is 35.5. The van der Waals surface area contributed by atoms with E-state index in [4.69, 9.17) is 21.1 Å². The molecule has 13 heteroatoms. The van der Waals surface area contributed by atoms with Gasteiger partial charge in [0.15, 0.2) is 5.75 Å². The highest BCUT2D eigenvalue weighted by molar-refractivity contribution is 7.92. The van der Waals surface area contributed by atoms with Crippen LogP contribution in [0.3, 0.4) is 0 Å². The molecule has 1 N–H and O–H groups in total. The van der Waals surface area contributed by atoms with Crippen LogP contribution >= 0.6 is 11.6 Å². The lowest BCUT2D eigenvalue weighted by Crippen LogP contribution is -2.40. The number of aromatic nitrogens is 2. The minimum absolute atomic E-state index is 0.0191. The van der Waals surface area contributed by atoms with Crippen LogP contribution in [0.5, 0.6) is 11.5 Å². The fourth-order valence-corrected chi connectivity index (χ4v) is 5.63. The largest absolute Gasteiger partial charge is 0.454 e. The summed E-state index contributed by atoms with van der Waals surface area (Å²) in [6.07, 6.45) is 1.33. The molecule has 0 amide bonds. The maximum Gasteiger partial charge on any atom is 0.264 e. The van der Waals surface area contributed by atoms with Crippen molar-refractivity contribution in [1.29, 1.82) is 0 Å². The summed E-state index contributed by atoms with van der Waals surface area (Å²) in [5.41, 5.74) is 0.383. The molecule has 3 aromatic rings. The van der Waals surface area contributed by atoms with Crippen molar-refractivity contribution in [3.63, 3.8) is 0 Å². The van der Waals surface area contributed by atoms with Crippen molar-refractivity contribution in [1.82, 2.24) is 14.3 Å². The quantitative estimate of drug-likeness (QED) is 0.499. The number of nitrogens with zero attached hydrogens (tertiary/aromatic N) is 3. The van der Waals surface area contributed by atoms with E-state index in [1.807, 2.05) is 0 Å². The number of hydrogen-bond acceptors (Lipinski definition) is 8. The number of anilines is 1. The van der Waals surface area contributed by atoms with E-state index in [1.165, 1.54) is 59.0 Å². The Balaban J connectivity index is 1.46. The lowest BCUT2D eigenvalue weighted by atomic mass is 10.3. The number of hydrogen-bond donors (Lipinski definition) is 1. The van der Waals surface area contributed by atoms with E-state index in [0.29, 0.717) is 48.5 Å². The zero-order valence-electron chi connectivity index (χ0n) is 18.0. The summed E-state index contributed by atoms with van der Waals surface area (Å²) in [7, 11) is -7.50. The zero-order valence-corrected chi connectivity index (χ0v) is 20.4. The highest BCUT2D eigenvalue weighted by Crippen LogP contribution is 2.27. The van der Waals surface area contributed by atoms with Gasteiger partial charge in [0, 0.05) is 18.1 Å². The van der Waals surface area contributed by atoms with Crippen LogP contribution in [0.25, 0.3) is 0 Å². The first-order chi connectivity index (χ1) is 16.1. The molecule has 10 nitrogen and oxygen atoms in total. The number of rotatable bonds is 7. The normalized spacial score (nSPS) is 15.1. The van der Waals surface area contributed by atoms with Gasteiger partial charge < -0.3 is 9.47 Å². The van der Waals surface area contributed by atoms with Crippen LogP contribution in [0.4, 0.5) is 5.95 Å². The monoisotopic (exact) mass is 524 g/mol. The van der Waals surface area contributed by atoms with E-state index in [0.717, 1.165) is 0 Å². The standard InChI is InChI=1S/C21H21ClN4O6S2/c1-15-20(14-23-21(24-15)25-33(27,28)18-6-2-16(22)3-7-18)32-17-4-8-19(9-5-17)34(29,30)26-10-12-31-13-11-26/h2-9,14H,10-13H2,1H3,(H,23,24,25). The molecule has 2 aromatic carbocycles. The lowest BCUT2D eigenvalue weighted by molar-refractivity contribution is 0.0730. The number of ether oxygens (including phenoxy) is 2. The molecule has 1 aromatic heterocycles. The molecule has 0 radical (unpaired) electrons. The molecular formula is C21H21ClN4O6S2. The number of sulfonamides is 2. The second-order valence-corrected chi connectivity index (χ2v) is 11.3. The minimum Gasteiger partial charge on any atom is -0.454 e. The molecule has 1 fully saturated rings. The van der Waals surface area contributed by atoms with Crippen LogP contribution in [0.2, 0.25) is 5.02 Å². The molecular weight excluding hydrogens is 504 g/mol. The smallest absolute Gasteiger partial charge is 0.264 e. The van der Waals surface area contributed by atoms with Gasteiger partial charge in [0.25, 0.3) is 10.0 Å². The van der Waals surface area contributed by atoms with Gasteiger partial charge in [0.05, 0.1) is 34.9 Å². The predicted molar refractivity (Wildman–Crippen MR) is 125 cm³/mol. The maximum atomic E-state index is 12.7. The molecule has 0 unspecified atom stereocenters. The van der Waals surface area contributed by atoms with Crippen molar-refractivity contribution in [2.75, 3.05) is 31.0 Å². The SMILES string of the molecule is Cc1nc(NS(=O)(=O)c2ccc(Cl)cc2)ncc1Oc1ccc(S(=O)(=O)N2CCOCC2)cc1. The minimum atomic E-state index is -3.89. The van der Waals surface area contributed by atoms with Gasteiger partial charge in [0.1, 0.15) is 5.75 Å². The van der Waals surface area contributed by atoms with E-state index < -0.39 is 20.0 Å². The van der Waals surface area contributed by atoms with Crippen molar-refractivity contribution in [3.05, 3.63) is 65.4 Å². The van der Waals surface area contributed by atoms with Gasteiger partial charge in [0.2, 0.25) is 16.0 Å². The van der Waals surface area contributed by atoms with E-state index in [1.54, 1.807) is 6.92 Å². The number of aryl methyl sites for hydroxylation is 1. The van der Waals surface area contributed by atoms with E-state index >= 15 is 0 Å². The van der Waals surface area contributed by atoms with Gasteiger partial charge in [-0.25, -0.2) is 31.5 Å². The molecule has 2 heterocycles. The summed E-state index contributed by atoms with van der Waals surface area (Å²) in [4.78, 5) is 8.34. The average Bonchev–Trinajstić information content (AvgIpc) is 2.82. The van der Waals surface area contributed by atoms with Gasteiger partial charge in [-0.05, 0) is 55.5 Å². The molecule has 180 valence electrons. The first-order valence-electron chi connectivity index (χ1n) is 10.1. The maximum absolute atomic E-state index is 12.7. The van der Waals surface area contributed by atoms with Crippen molar-refractivity contribution < 1.29 is 26.3 Å². The Morgan fingerprint density at radius 1 is 0.971 bits per heavy atom. The Morgan fingerprint density at radius 2 is 1.59 bits per heavy atom. The number of halogens is 1. The van der Waals surface area contributed by atoms with Crippen molar-refractivity contribution in [3.8, 4) is 11.5 Å². The highest BCUT2D eigenvalue weighted by Gasteiger charge is 2.26. The van der Waals surface area contributed by atoms with Crippen LogP contribution in [-0.4, -0.2) is 57.4 Å². The van der Waals surface area contributed by atoms with Gasteiger partial charge in [-0.15, -0.1) is 0 Å². The Kier molecular flexibility index (Phi) is 7.05. The van der Waals surface area contributed by atoms with Crippen LogP contribution < -0.4 is 9.46 Å². The van der Waals surface area contributed by atoms with E-state index in [-0.39, 0.29) is 15.7 Å². The van der Waals surface area contributed by atoms with Crippen LogP contribution in [0.15, 0.2) is 64.5 Å². The van der Waals surface area contributed by atoms with Crippen molar-refractivity contribution >= 4 is 37.6 Å². The predicted octanol–water partition coefficient (Wildman–Crippen LogP) is 3.05. The molecule has 0 saturated carbocycles. The second-order valence-electron chi connectivity index (χ2n) is 7.29. The number of morpholine rings is 1. The van der Waals surface area contributed by atoms with E-state index in [9.17, 15) is 16.8 Å². The van der Waals surface area contributed by atoms with Gasteiger partial charge in [-0.2, -0.15) is 4.31 Å². The molecule has 0 aliphatic carbocycles. The molecule has 0 spiro atoms. The van der Waals surface area contributed by atoms with Crippen LogP contribution in [-0.2, 0) is 24.8 Å². The van der Waals surface area contributed by atoms with Crippen LogP contribution in [0, 0.1) is 6.92 Å². The Labute approximate surface area is 202 Å². The van der Waals surface area contributed by atoms with Crippen LogP contribution in [0.1, 0.15) is 5.69 Å². The Hall–Kier alpha value is -2.77. The summed E-state index contributed by atoms with van der Waals surface area (Å²) in [5.74, 6) is 0.548. The molecule has 1 aliphatic heterocycles. The molecule has 1 saturated heterocycles. The summed E-state index contributed by atoms with van der Waals surface area (Å²) in [5, 5.41) is 0.416. The summed E-state index contributed by atoms with van der Waals surface area (Å²) in [6.45, 7) is 2.99. The molecule has 4 rings (SSSR count). The number of benzene rings is 2. The fraction of sp³-hybridized carbons (Fsp3) is 0.238. The average molecular weight is 525 g/mol. The molecule has 34 heavy (non-hydrogen) atoms. The Morgan fingerprint density at radius 3 is 2.21 bits per heavy atom. The second kappa shape index (κ2) is 9.84. The zero-order chi connectivity index (χ0) is 24.3. The summed E-state index contributed by atoms with van der Waals surface area (Å²) in [6, 6.07) is 11.7. The van der Waals surface area contributed by atoms with E-state index in [2.05, 4.69) is 14.7 Å². The third-order valence-electron chi connectivity index (χ3n) is 4.94. The van der Waals surface area contributed by atoms with Crippen molar-refractivity contribution in [2.24, 2.45) is 0 Å². The number of nitrogens with one attached hydrogen (secondary N) is 1. The lowest BCUT2D eigenvalue weighted by Gasteiger charge is -2.26.